The van der Waals surface area contributed by atoms with E-state index in [1.54, 1.807) is 0 Å². The Kier molecular flexibility index (Phi) is 10.2. The van der Waals surface area contributed by atoms with Crippen LogP contribution >= 0.6 is 0 Å². The normalized spacial score (nSPS) is 13.4. The molecule has 7 nitrogen and oxygen atoms in total. The van der Waals surface area contributed by atoms with Crippen molar-refractivity contribution in [3.63, 3.8) is 0 Å². The molecule has 0 aliphatic rings. The maximum absolute atomic E-state index is 11.7. The van der Waals surface area contributed by atoms with Crippen molar-refractivity contribution >= 4 is 17.8 Å². The number of amides is 2. The summed E-state index contributed by atoms with van der Waals surface area (Å²) in [4.78, 5) is 33.2. The molecule has 0 aromatic carbocycles. The van der Waals surface area contributed by atoms with Crippen LogP contribution in [0.15, 0.2) is 0 Å². The van der Waals surface area contributed by atoms with Gasteiger partial charge in [0.2, 0.25) is 11.8 Å². The molecule has 0 saturated heterocycles. The molecule has 0 saturated carbocycles. The minimum absolute atomic E-state index is 0.0526. The number of primary amides is 1. The highest BCUT2D eigenvalue weighted by molar-refractivity contribution is 5.84. The fraction of sp³-hybridized carbons (Fsp3) is 0.786. The van der Waals surface area contributed by atoms with Crippen molar-refractivity contribution in [2.24, 2.45) is 5.73 Å². The van der Waals surface area contributed by atoms with Gasteiger partial charge in [-0.2, -0.15) is 0 Å². The highest BCUT2D eigenvalue weighted by Gasteiger charge is 2.21. The Bertz CT molecular complexity index is 346. The minimum Gasteiger partial charge on any atom is -0.480 e. The van der Waals surface area contributed by atoms with E-state index in [1.807, 2.05) is 0 Å². The Labute approximate surface area is 124 Å². The molecule has 0 heterocycles. The second-order valence-corrected chi connectivity index (χ2v) is 5.17. The van der Waals surface area contributed by atoms with Crippen molar-refractivity contribution in [3.05, 3.63) is 0 Å². The first kappa shape index (κ1) is 19.4. The highest BCUT2D eigenvalue weighted by Crippen LogP contribution is 2.08. The Balaban J connectivity index is 4.06. The van der Waals surface area contributed by atoms with Gasteiger partial charge >= 0.3 is 5.97 Å². The van der Waals surface area contributed by atoms with Gasteiger partial charge < -0.3 is 21.3 Å². The van der Waals surface area contributed by atoms with Crippen molar-refractivity contribution in [2.45, 2.75) is 70.4 Å². The Morgan fingerprint density at radius 3 is 2.33 bits per heavy atom. The summed E-state index contributed by atoms with van der Waals surface area (Å²) in [5.41, 5.74) is 4.95. The number of unbranched alkanes of at least 4 members (excludes halogenated alkanes) is 3. The number of aliphatic hydroxyl groups excluding tert-OH is 1. The summed E-state index contributed by atoms with van der Waals surface area (Å²) in [6.07, 6.45) is 3.48. The van der Waals surface area contributed by atoms with E-state index in [4.69, 9.17) is 10.8 Å². The van der Waals surface area contributed by atoms with Crippen LogP contribution in [0.1, 0.15) is 58.3 Å². The summed E-state index contributed by atoms with van der Waals surface area (Å²) in [5.74, 6) is -2.37. The highest BCUT2D eigenvalue weighted by atomic mass is 16.4. The van der Waals surface area contributed by atoms with Crippen molar-refractivity contribution in [3.8, 4) is 0 Å². The van der Waals surface area contributed by atoms with Crippen molar-refractivity contribution in [2.75, 3.05) is 0 Å². The molecule has 0 aromatic heterocycles. The molecule has 0 bridgehead atoms. The second-order valence-electron chi connectivity index (χ2n) is 5.17. The molecule has 0 radical (unpaired) electrons. The number of hydrogen-bond acceptors (Lipinski definition) is 4. The summed E-state index contributed by atoms with van der Waals surface area (Å²) >= 11 is 0. The van der Waals surface area contributed by atoms with E-state index in [1.165, 1.54) is 0 Å². The lowest BCUT2D eigenvalue weighted by Crippen LogP contribution is -2.42. The Morgan fingerprint density at radius 1 is 1.14 bits per heavy atom. The Hall–Kier alpha value is -1.63. The number of hydrogen-bond donors (Lipinski definition) is 4. The maximum atomic E-state index is 11.7. The van der Waals surface area contributed by atoms with Crippen molar-refractivity contribution in [1.82, 2.24) is 5.32 Å². The molecule has 0 aromatic rings. The van der Waals surface area contributed by atoms with Crippen molar-refractivity contribution in [1.29, 1.82) is 0 Å². The van der Waals surface area contributed by atoms with Gasteiger partial charge in [0, 0.05) is 6.42 Å². The summed E-state index contributed by atoms with van der Waals surface area (Å²) in [6.45, 7) is 2.09. The van der Waals surface area contributed by atoms with Crippen LogP contribution in [-0.2, 0) is 14.4 Å². The lowest BCUT2D eigenvalue weighted by molar-refractivity contribution is -0.142. The molecule has 122 valence electrons. The fourth-order valence-corrected chi connectivity index (χ4v) is 1.92. The van der Waals surface area contributed by atoms with E-state index < -0.39 is 29.9 Å². The van der Waals surface area contributed by atoms with Gasteiger partial charge in [0.15, 0.2) is 0 Å². The molecular formula is C14H26N2O5. The second kappa shape index (κ2) is 11.1. The number of carbonyl (C=O) groups is 3. The van der Waals surface area contributed by atoms with Crippen LogP contribution in [0.4, 0.5) is 0 Å². The van der Waals surface area contributed by atoms with Crippen LogP contribution in [0.25, 0.3) is 0 Å². The average molecular weight is 302 g/mol. The molecule has 2 atom stereocenters. The average Bonchev–Trinajstić information content (AvgIpc) is 2.39. The summed E-state index contributed by atoms with van der Waals surface area (Å²) in [7, 11) is 0. The predicted molar refractivity (Wildman–Crippen MR) is 77.4 cm³/mol. The van der Waals surface area contributed by atoms with E-state index in [-0.39, 0.29) is 19.3 Å². The molecule has 0 aliphatic heterocycles. The SMILES string of the molecule is CCCCCCC(O)CC(=O)N[C@@H](CCC(N)=O)C(=O)O. The van der Waals surface area contributed by atoms with Gasteiger partial charge in [-0.3, -0.25) is 9.59 Å². The van der Waals surface area contributed by atoms with Crippen LogP contribution in [-0.4, -0.2) is 40.1 Å². The van der Waals surface area contributed by atoms with E-state index >= 15 is 0 Å². The van der Waals surface area contributed by atoms with Crippen LogP contribution in [0.2, 0.25) is 0 Å². The summed E-state index contributed by atoms with van der Waals surface area (Å²) < 4.78 is 0. The van der Waals surface area contributed by atoms with Gasteiger partial charge in [0.25, 0.3) is 0 Å². The first-order valence-electron chi connectivity index (χ1n) is 7.35. The van der Waals surface area contributed by atoms with E-state index in [2.05, 4.69) is 12.2 Å². The zero-order valence-corrected chi connectivity index (χ0v) is 12.5. The predicted octanol–water partition coefficient (Wildman–Crippen LogP) is 0.543. The zero-order valence-electron chi connectivity index (χ0n) is 12.5. The van der Waals surface area contributed by atoms with Gasteiger partial charge in [0.05, 0.1) is 12.5 Å². The Morgan fingerprint density at radius 2 is 1.81 bits per heavy atom. The number of aliphatic carboxylic acids is 1. The van der Waals surface area contributed by atoms with E-state index in [9.17, 15) is 19.5 Å². The minimum atomic E-state index is -1.22. The molecule has 21 heavy (non-hydrogen) atoms. The molecule has 0 aliphatic carbocycles. The number of nitrogens with two attached hydrogens (primary N) is 1. The standard InChI is InChI=1S/C14H26N2O5/c1-2-3-4-5-6-10(17)9-13(19)16-11(14(20)21)7-8-12(15)18/h10-11,17H,2-9H2,1H3,(H2,15,18)(H,16,19)(H,20,21)/t10?,11-/m0/s1. The largest absolute Gasteiger partial charge is 0.480 e. The fourth-order valence-electron chi connectivity index (χ4n) is 1.92. The zero-order chi connectivity index (χ0) is 16.3. The number of aliphatic hydroxyl groups is 1. The molecule has 7 heteroatoms. The quantitative estimate of drug-likeness (QED) is 0.391. The third-order valence-electron chi connectivity index (χ3n) is 3.12. The topological polar surface area (TPSA) is 130 Å². The first-order valence-corrected chi connectivity index (χ1v) is 7.35. The molecule has 1 unspecified atom stereocenters. The maximum Gasteiger partial charge on any atom is 0.326 e. The number of rotatable bonds is 12. The lowest BCUT2D eigenvalue weighted by Gasteiger charge is -2.15. The number of carboxylic acids is 1. The smallest absolute Gasteiger partial charge is 0.326 e. The third-order valence-corrected chi connectivity index (χ3v) is 3.12. The van der Waals surface area contributed by atoms with Crippen molar-refractivity contribution < 1.29 is 24.6 Å². The van der Waals surface area contributed by atoms with Gasteiger partial charge in [-0.1, -0.05) is 32.6 Å². The monoisotopic (exact) mass is 302 g/mol. The molecular weight excluding hydrogens is 276 g/mol. The third kappa shape index (κ3) is 10.8. The molecule has 5 N–H and O–H groups in total. The van der Waals surface area contributed by atoms with Crippen LogP contribution in [0.5, 0.6) is 0 Å². The molecule has 0 fully saturated rings. The van der Waals surface area contributed by atoms with Crippen LogP contribution < -0.4 is 11.1 Å². The summed E-state index contributed by atoms with van der Waals surface area (Å²) in [5, 5.41) is 20.9. The van der Waals surface area contributed by atoms with Gasteiger partial charge in [0.1, 0.15) is 6.04 Å². The molecule has 2 amide bonds. The van der Waals surface area contributed by atoms with Gasteiger partial charge in [-0.05, 0) is 12.8 Å². The van der Waals surface area contributed by atoms with Gasteiger partial charge in [-0.15, -0.1) is 0 Å². The number of carboxylic acid groups (broad SMARTS) is 1. The van der Waals surface area contributed by atoms with E-state index in [0.717, 1.165) is 25.7 Å². The summed E-state index contributed by atoms with van der Waals surface area (Å²) in [6, 6.07) is -1.16. The van der Waals surface area contributed by atoms with Crippen LogP contribution in [0, 0.1) is 0 Å². The number of carbonyl (C=O) groups excluding carboxylic acids is 2. The lowest BCUT2D eigenvalue weighted by atomic mass is 10.1. The van der Waals surface area contributed by atoms with Gasteiger partial charge in [-0.25, -0.2) is 4.79 Å². The first-order chi connectivity index (χ1) is 9.86. The molecule has 0 spiro atoms. The van der Waals surface area contributed by atoms with E-state index in [0.29, 0.717) is 6.42 Å². The van der Waals surface area contributed by atoms with Crippen LogP contribution in [0.3, 0.4) is 0 Å². The molecule has 0 rings (SSSR count). The number of nitrogens with one attached hydrogen (secondary N) is 1.